The molecule has 1 N–H and O–H groups in total. The number of rotatable bonds is 3. The van der Waals surface area contributed by atoms with Gasteiger partial charge in [-0.15, -0.1) is 0 Å². The highest BCUT2D eigenvalue weighted by atomic mass is 16.5. The summed E-state index contributed by atoms with van der Waals surface area (Å²) in [7, 11) is 0. The van der Waals surface area contributed by atoms with Crippen molar-refractivity contribution in [1.29, 1.82) is 0 Å². The summed E-state index contributed by atoms with van der Waals surface area (Å²) in [5, 5.41) is 21.1. The lowest BCUT2D eigenvalue weighted by Crippen LogP contribution is -1.98. The van der Waals surface area contributed by atoms with Gasteiger partial charge in [-0.2, -0.15) is 15.2 Å². The average Bonchev–Trinajstić information content (AvgIpc) is 2.78. The average molecular weight is 234 g/mol. The molecule has 0 saturated heterocycles. The number of aliphatic hydroxyl groups is 1. The second kappa shape index (κ2) is 4.58. The van der Waals surface area contributed by atoms with Crippen molar-refractivity contribution in [3.05, 3.63) is 23.3 Å². The van der Waals surface area contributed by atoms with Crippen LogP contribution in [-0.2, 0) is 6.42 Å². The van der Waals surface area contributed by atoms with Crippen LogP contribution in [-0.4, -0.2) is 25.4 Å². The first-order valence-corrected chi connectivity index (χ1v) is 5.47. The van der Waals surface area contributed by atoms with Gasteiger partial charge < -0.3 is 9.63 Å². The Balaban J connectivity index is 2.47. The summed E-state index contributed by atoms with van der Waals surface area (Å²) in [6.45, 7) is 5.42. The van der Waals surface area contributed by atoms with E-state index < -0.39 is 6.10 Å². The normalized spacial score (nSPS) is 12.7. The van der Waals surface area contributed by atoms with E-state index >= 15 is 0 Å². The predicted octanol–water partition coefficient (Wildman–Crippen LogP) is 1.45. The van der Waals surface area contributed by atoms with Gasteiger partial charge in [0, 0.05) is 0 Å². The van der Waals surface area contributed by atoms with Crippen LogP contribution in [0.3, 0.4) is 0 Å². The van der Waals surface area contributed by atoms with Crippen molar-refractivity contribution >= 4 is 0 Å². The van der Waals surface area contributed by atoms with Crippen LogP contribution in [0.25, 0.3) is 11.5 Å². The lowest BCUT2D eigenvalue weighted by atomic mass is 10.1. The Morgan fingerprint density at radius 1 is 1.41 bits per heavy atom. The Bertz CT molecular complexity index is 522. The molecule has 90 valence electrons. The molecule has 0 amide bonds. The molecule has 6 nitrogen and oxygen atoms in total. The third-order valence-electron chi connectivity index (χ3n) is 2.37. The Hall–Kier alpha value is -1.82. The minimum absolute atomic E-state index is 0.275. The first-order valence-electron chi connectivity index (χ1n) is 5.47. The molecule has 0 aromatic carbocycles. The maximum atomic E-state index is 9.35. The second-order valence-corrected chi connectivity index (χ2v) is 3.83. The van der Waals surface area contributed by atoms with Crippen molar-refractivity contribution in [2.45, 2.75) is 33.3 Å². The van der Waals surface area contributed by atoms with E-state index in [1.807, 2.05) is 19.9 Å². The molecule has 0 radical (unpaired) electrons. The number of aliphatic hydroxyl groups excluding tert-OH is 1. The standard InChI is InChI=1S/C11H14N4O2/c1-4-9-8(5-6(2)13-14-9)11-12-10(7(3)16)15-17-11/h5,7,16H,4H2,1-3H3. The SMILES string of the molecule is CCc1nnc(C)cc1-c1nc(C(C)O)no1. The van der Waals surface area contributed by atoms with E-state index in [4.69, 9.17) is 4.52 Å². The quantitative estimate of drug-likeness (QED) is 0.865. The molecule has 1 unspecified atom stereocenters. The molecule has 17 heavy (non-hydrogen) atoms. The van der Waals surface area contributed by atoms with E-state index in [1.54, 1.807) is 6.92 Å². The van der Waals surface area contributed by atoms with Crippen molar-refractivity contribution < 1.29 is 9.63 Å². The number of aromatic nitrogens is 4. The summed E-state index contributed by atoms with van der Waals surface area (Å²) in [6, 6.07) is 1.85. The van der Waals surface area contributed by atoms with Crippen LogP contribution in [0.5, 0.6) is 0 Å². The fraction of sp³-hybridized carbons (Fsp3) is 0.455. The maximum absolute atomic E-state index is 9.35. The minimum atomic E-state index is -0.742. The van der Waals surface area contributed by atoms with Gasteiger partial charge in [-0.25, -0.2) is 0 Å². The Kier molecular flexibility index (Phi) is 3.14. The first-order chi connectivity index (χ1) is 8.11. The van der Waals surface area contributed by atoms with Crippen molar-refractivity contribution in [2.75, 3.05) is 0 Å². The van der Waals surface area contributed by atoms with Gasteiger partial charge in [0.25, 0.3) is 5.89 Å². The minimum Gasteiger partial charge on any atom is -0.385 e. The maximum Gasteiger partial charge on any atom is 0.260 e. The molecular weight excluding hydrogens is 220 g/mol. The van der Waals surface area contributed by atoms with Gasteiger partial charge in [-0.3, -0.25) is 0 Å². The Labute approximate surface area is 98.7 Å². The molecule has 0 saturated carbocycles. The van der Waals surface area contributed by atoms with Crippen LogP contribution < -0.4 is 0 Å². The molecule has 2 aromatic heterocycles. The second-order valence-electron chi connectivity index (χ2n) is 3.83. The summed E-state index contributed by atoms with van der Waals surface area (Å²) in [4.78, 5) is 4.13. The van der Waals surface area contributed by atoms with Gasteiger partial charge in [-0.1, -0.05) is 12.1 Å². The molecule has 1 atom stereocenters. The van der Waals surface area contributed by atoms with E-state index in [-0.39, 0.29) is 5.82 Å². The third-order valence-corrected chi connectivity index (χ3v) is 2.37. The lowest BCUT2D eigenvalue weighted by molar-refractivity contribution is 0.184. The van der Waals surface area contributed by atoms with E-state index in [0.29, 0.717) is 5.89 Å². The van der Waals surface area contributed by atoms with Gasteiger partial charge in [0.1, 0.15) is 6.10 Å². The van der Waals surface area contributed by atoms with Crippen molar-refractivity contribution in [1.82, 2.24) is 20.3 Å². The van der Waals surface area contributed by atoms with Crippen molar-refractivity contribution in [3.8, 4) is 11.5 Å². The van der Waals surface area contributed by atoms with E-state index in [9.17, 15) is 5.11 Å². The first kappa shape index (κ1) is 11.7. The van der Waals surface area contributed by atoms with Gasteiger partial charge >= 0.3 is 0 Å². The molecule has 2 aromatic rings. The fourth-order valence-electron chi connectivity index (χ4n) is 1.47. The zero-order chi connectivity index (χ0) is 12.4. The van der Waals surface area contributed by atoms with E-state index in [1.165, 1.54) is 0 Å². The molecule has 0 aliphatic heterocycles. The lowest BCUT2D eigenvalue weighted by Gasteiger charge is -2.01. The summed E-state index contributed by atoms with van der Waals surface area (Å²) < 4.78 is 5.12. The number of aryl methyl sites for hydroxylation is 2. The Morgan fingerprint density at radius 2 is 2.18 bits per heavy atom. The molecule has 0 aliphatic carbocycles. The van der Waals surface area contributed by atoms with Crippen LogP contribution in [0.1, 0.15) is 37.2 Å². The van der Waals surface area contributed by atoms with Gasteiger partial charge in [0.05, 0.1) is 17.0 Å². The number of hydrogen-bond acceptors (Lipinski definition) is 6. The molecule has 0 fully saturated rings. The van der Waals surface area contributed by atoms with Gasteiger partial charge in [0.2, 0.25) is 0 Å². The largest absolute Gasteiger partial charge is 0.385 e. The topological polar surface area (TPSA) is 84.9 Å². The predicted molar refractivity (Wildman–Crippen MR) is 60.1 cm³/mol. The van der Waals surface area contributed by atoms with Crippen LogP contribution in [0, 0.1) is 6.92 Å². The highest BCUT2D eigenvalue weighted by Gasteiger charge is 2.16. The fourth-order valence-corrected chi connectivity index (χ4v) is 1.47. The molecule has 2 rings (SSSR count). The summed E-state index contributed by atoms with van der Waals surface area (Å²) >= 11 is 0. The highest BCUT2D eigenvalue weighted by molar-refractivity contribution is 5.56. The van der Waals surface area contributed by atoms with Gasteiger partial charge in [-0.05, 0) is 26.3 Å². The molecule has 6 heteroatoms. The Morgan fingerprint density at radius 3 is 2.76 bits per heavy atom. The zero-order valence-electron chi connectivity index (χ0n) is 10.0. The van der Waals surface area contributed by atoms with Crippen LogP contribution in [0.4, 0.5) is 0 Å². The summed E-state index contributed by atoms with van der Waals surface area (Å²) in [5.41, 5.74) is 2.37. The monoisotopic (exact) mass is 234 g/mol. The molecule has 0 aliphatic rings. The number of nitrogens with zero attached hydrogens (tertiary/aromatic N) is 4. The summed E-state index contributed by atoms with van der Waals surface area (Å²) in [5.74, 6) is 0.646. The summed E-state index contributed by atoms with van der Waals surface area (Å²) in [6.07, 6.45) is -0.0110. The molecule has 0 bridgehead atoms. The molecular formula is C11H14N4O2. The van der Waals surface area contributed by atoms with E-state index in [2.05, 4.69) is 20.3 Å². The zero-order valence-corrected chi connectivity index (χ0v) is 10.0. The van der Waals surface area contributed by atoms with Gasteiger partial charge in [0.15, 0.2) is 5.82 Å². The van der Waals surface area contributed by atoms with Crippen molar-refractivity contribution in [3.63, 3.8) is 0 Å². The highest BCUT2D eigenvalue weighted by Crippen LogP contribution is 2.22. The smallest absolute Gasteiger partial charge is 0.260 e. The third kappa shape index (κ3) is 2.31. The molecule has 0 spiro atoms. The van der Waals surface area contributed by atoms with Crippen molar-refractivity contribution in [2.24, 2.45) is 0 Å². The molecule has 2 heterocycles. The van der Waals surface area contributed by atoms with Crippen LogP contribution in [0.2, 0.25) is 0 Å². The number of hydrogen-bond donors (Lipinski definition) is 1. The van der Waals surface area contributed by atoms with E-state index in [0.717, 1.165) is 23.4 Å². The van der Waals surface area contributed by atoms with Crippen LogP contribution in [0.15, 0.2) is 10.6 Å². The van der Waals surface area contributed by atoms with Crippen LogP contribution >= 0.6 is 0 Å².